The Morgan fingerprint density at radius 3 is 2.68 bits per heavy atom. The Morgan fingerprint density at radius 2 is 1.95 bits per heavy atom. The fourth-order valence-electron chi connectivity index (χ4n) is 1.79. The molecule has 0 aliphatic carbocycles. The number of carbonyl (C=O) groups is 1. The van der Waals surface area contributed by atoms with E-state index in [4.69, 9.17) is 9.15 Å². The molecule has 1 heterocycles. The third-order valence-electron chi connectivity index (χ3n) is 2.92. The number of nitrogens with one attached hydrogen (secondary N) is 2. The number of rotatable bonds is 8. The molecule has 0 saturated heterocycles. The quantitative estimate of drug-likeness (QED) is 0.705. The number of benzene rings is 1. The summed E-state index contributed by atoms with van der Waals surface area (Å²) in [6.07, 6.45) is 0. The maximum absolute atomic E-state index is 11.9. The van der Waals surface area contributed by atoms with E-state index in [1.54, 1.807) is 12.1 Å². The molecule has 1 aromatic carbocycles. The smallest absolute Gasteiger partial charge is 0.287 e. The molecule has 0 bridgehead atoms. The van der Waals surface area contributed by atoms with E-state index in [1.165, 1.54) is 0 Å². The maximum atomic E-state index is 11.9. The van der Waals surface area contributed by atoms with Crippen molar-refractivity contribution >= 4 is 21.8 Å². The van der Waals surface area contributed by atoms with E-state index >= 15 is 0 Å². The minimum Gasteiger partial charge on any atom is -0.486 e. The van der Waals surface area contributed by atoms with Crippen molar-refractivity contribution in [2.75, 3.05) is 19.6 Å². The van der Waals surface area contributed by atoms with Crippen LogP contribution in [0.4, 0.5) is 0 Å². The van der Waals surface area contributed by atoms with Gasteiger partial charge in [0.15, 0.2) is 5.76 Å². The molecule has 0 atom stereocenters. The second-order valence-corrected chi connectivity index (χ2v) is 5.53. The number of furan rings is 1. The minimum absolute atomic E-state index is 0.215. The fraction of sp³-hybridized carbons (Fsp3) is 0.312. The number of likely N-dealkylation sites (N-methyl/N-ethyl adjacent to an activating group) is 1. The minimum atomic E-state index is -0.215. The lowest BCUT2D eigenvalue weighted by atomic mass is 10.3. The van der Waals surface area contributed by atoms with Gasteiger partial charge in [0.05, 0.1) is 0 Å². The lowest BCUT2D eigenvalue weighted by molar-refractivity contribution is 0.0922. The normalized spacial score (nSPS) is 10.5. The van der Waals surface area contributed by atoms with Crippen LogP contribution in [0.15, 0.2) is 45.3 Å². The average molecular weight is 367 g/mol. The highest BCUT2D eigenvalue weighted by Crippen LogP contribution is 2.18. The Labute approximate surface area is 138 Å². The molecule has 0 radical (unpaired) electrons. The van der Waals surface area contributed by atoms with E-state index in [2.05, 4.69) is 26.6 Å². The van der Waals surface area contributed by atoms with Gasteiger partial charge in [-0.1, -0.05) is 22.9 Å². The summed E-state index contributed by atoms with van der Waals surface area (Å²) in [4.78, 5) is 11.9. The largest absolute Gasteiger partial charge is 0.486 e. The van der Waals surface area contributed by atoms with Gasteiger partial charge < -0.3 is 19.8 Å². The Kier molecular flexibility index (Phi) is 6.48. The van der Waals surface area contributed by atoms with Crippen molar-refractivity contribution in [3.05, 3.63) is 52.4 Å². The number of ether oxygens (including phenoxy) is 1. The van der Waals surface area contributed by atoms with Crippen LogP contribution in [-0.2, 0) is 6.61 Å². The molecule has 0 unspecified atom stereocenters. The summed E-state index contributed by atoms with van der Waals surface area (Å²) in [5, 5.41) is 5.92. The summed E-state index contributed by atoms with van der Waals surface area (Å²) in [5.41, 5.74) is 0. The van der Waals surface area contributed by atoms with E-state index in [1.807, 2.05) is 31.2 Å². The molecule has 0 spiro atoms. The second-order valence-electron chi connectivity index (χ2n) is 4.62. The van der Waals surface area contributed by atoms with E-state index in [9.17, 15) is 4.79 Å². The molecular weight excluding hydrogens is 348 g/mol. The first-order valence-corrected chi connectivity index (χ1v) is 7.94. The molecule has 1 amide bonds. The predicted molar refractivity (Wildman–Crippen MR) is 88.1 cm³/mol. The number of halogens is 1. The summed E-state index contributed by atoms with van der Waals surface area (Å²) in [5.74, 6) is 1.44. The number of carbonyl (C=O) groups excluding carboxylic acids is 1. The molecule has 2 N–H and O–H groups in total. The van der Waals surface area contributed by atoms with Gasteiger partial charge in [0.2, 0.25) is 0 Å². The van der Waals surface area contributed by atoms with E-state index < -0.39 is 0 Å². The molecule has 2 aromatic rings. The van der Waals surface area contributed by atoms with Crippen molar-refractivity contribution in [3.8, 4) is 5.75 Å². The second kappa shape index (κ2) is 8.60. The molecule has 0 aliphatic rings. The van der Waals surface area contributed by atoms with Gasteiger partial charge in [-0.15, -0.1) is 0 Å². The van der Waals surface area contributed by atoms with Gasteiger partial charge >= 0.3 is 0 Å². The van der Waals surface area contributed by atoms with Crippen LogP contribution in [0.5, 0.6) is 5.75 Å². The molecule has 118 valence electrons. The predicted octanol–water partition coefficient (Wildman–Crippen LogP) is 2.96. The van der Waals surface area contributed by atoms with E-state index in [0.29, 0.717) is 18.1 Å². The van der Waals surface area contributed by atoms with Crippen LogP contribution in [0.1, 0.15) is 23.2 Å². The van der Waals surface area contributed by atoms with E-state index in [0.717, 1.165) is 23.3 Å². The zero-order chi connectivity index (χ0) is 15.8. The zero-order valence-electron chi connectivity index (χ0n) is 12.4. The highest BCUT2D eigenvalue weighted by Gasteiger charge is 2.10. The van der Waals surface area contributed by atoms with Gasteiger partial charge in [-0.3, -0.25) is 4.79 Å². The Morgan fingerprint density at radius 1 is 1.18 bits per heavy atom. The van der Waals surface area contributed by atoms with Crippen molar-refractivity contribution in [2.45, 2.75) is 13.5 Å². The van der Waals surface area contributed by atoms with Crippen molar-refractivity contribution in [1.29, 1.82) is 0 Å². The molecule has 0 fully saturated rings. The summed E-state index contributed by atoms with van der Waals surface area (Å²) in [7, 11) is 0. The molecule has 22 heavy (non-hydrogen) atoms. The molecular formula is C16H19BrN2O3. The van der Waals surface area contributed by atoms with Crippen molar-refractivity contribution in [2.24, 2.45) is 0 Å². The van der Waals surface area contributed by atoms with Gasteiger partial charge in [0.1, 0.15) is 18.1 Å². The van der Waals surface area contributed by atoms with Gasteiger partial charge in [-0.25, -0.2) is 0 Å². The highest BCUT2D eigenvalue weighted by molar-refractivity contribution is 9.10. The third kappa shape index (κ3) is 5.20. The number of hydrogen-bond acceptors (Lipinski definition) is 4. The average Bonchev–Trinajstić information content (AvgIpc) is 3.00. The maximum Gasteiger partial charge on any atom is 0.287 e. The molecule has 1 aromatic heterocycles. The van der Waals surface area contributed by atoms with Crippen LogP contribution in [0.2, 0.25) is 0 Å². The molecule has 2 rings (SSSR count). The lowest BCUT2D eigenvalue weighted by Gasteiger charge is -2.04. The van der Waals surface area contributed by atoms with Crippen LogP contribution in [-0.4, -0.2) is 25.5 Å². The van der Waals surface area contributed by atoms with Crippen molar-refractivity contribution in [1.82, 2.24) is 10.6 Å². The Hall–Kier alpha value is -1.79. The van der Waals surface area contributed by atoms with Gasteiger partial charge in [-0.05, 0) is 42.9 Å². The molecule has 0 aliphatic heterocycles. The summed E-state index contributed by atoms with van der Waals surface area (Å²) < 4.78 is 12.1. The summed E-state index contributed by atoms with van der Waals surface area (Å²) in [6.45, 7) is 4.49. The Bertz CT molecular complexity index is 596. The van der Waals surface area contributed by atoms with Crippen LogP contribution in [0, 0.1) is 0 Å². The number of hydrogen-bond donors (Lipinski definition) is 2. The zero-order valence-corrected chi connectivity index (χ0v) is 14.0. The molecule has 5 nitrogen and oxygen atoms in total. The van der Waals surface area contributed by atoms with Gasteiger partial charge in [0, 0.05) is 17.6 Å². The monoisotopic (exact) mass is 366 g/mol. The Balaban J connectivity index is 1.80. The van der Waals surface area contributed by atoms with Crippen LogP contribution in [0.25, 0.3) is 0 Å². The molecule has 0 saturated carbocycles. The number of amides is 1. The first kappa shape index (κ1) is 16.6. The molecule has 6 heteroatoms. The topological polar surface area (TPSA) is 63.5 Å². The van der Waals surface area contributed by atoms with Gasteiger partial charge in [0.25, 0.3) is 5.91 Å². The fourth-order valence-corrected chi connectivity index (χ4v) is 2.06. The van der Waals surface area contributed by atoms with Crippen LogP contribution >= 0.6 is 15.9 Å². The van der Waals surface area contributed by atoms with Crippen LogP contribution in [0.3, 0.4) is 0 Å². The first-order chi connectivity index (χ1) is 10.7. The van der Waals surface area contributed by atoms with Crippen molar-refractivity contribution in [3.63, 3.8) is 0 Å². The summed E-state index contributed by atoms with van der Waals surface area (Å²) in [6, 6.07) is 10.9. The van der Waals surface area contributed by atoms with Crippen LogP contribution < -0.4 is 15.4 Å². The summed E-state index contributed by atoms with van der Waals surface area (Å²) >= 11 is 3.37. The highest BCUT2D eigenvalue weighted by atomic mass is 79.9. The first-order valence-electron chi connectivity index (χ1n) is 7.15. The van der Waals surface area contributed by atoms with E-state index in [-0.39, 0.29) is 12.5 Å². The lowest BCUT2D eigenvalue weighted by Crippen LogP contribution is -2.31. The van der Waals surface area contributed by atoms with Gasteiger partial charge in [-0.2, -0.15) is 0 Å². The standard InChI is InChI=1S/C16H19BrN2O3/c1-2-18-9-10-19-16(20)15-8-7-14(22-15)11-21-13-5-3-12(17)4-6-13/h3-8,18H,2,9-11H2,1H3,(H,19,20). The SMILES string of the molecule is CCNCCNC(=O)c1ccc(COc2ccc(Br)cc2)o1. The van der Waals surface area contributed by atoms with Crippen molar-refractivity contribution < 1.29 is 13.9 Å². The third-order valence-corrected chi connectivity index (χ3v) is 3.45.